The molecule has 1 fully saturated rings. The van der Waals surface area contributed by atoms with Crippen LogP contribution in [0.3, 0.4) is 0 Å². The smallest absolute Gasteiger partial charge is 0.279 e. The first-order valence-electron chi connectivity index (χ1n) is 8.31. The number of benzene rings is 1. The van der Waals surface area contributed by atoms with Crippen molar-refractivity contribution in [2.75, 3.05) is 7.11 Å². The van der Waals surface area contributed by atoms with Gasteiger partial charge < -0.3 is 15.2 Å². The highest BCUT2D eigenvalue weighted by Crippen LogP contribution is 2.32. The van der Waals surface area contributed by atoms with Crippen molar-refractivity contribution in [2.45, 2.75) is 31.8 Å². The molecule has 0 spiro atoms. The van der Waals surface area contributed by atoms with Gasteiger partial charge in [-0.3, -0.25) is 9.78 Å². The Morgan fingerprint density at radius 1 is 1.12 bits per heavy atom. The van der Waals surface area contributed by atoms with Gasteiger partial charge >= 0.3 is 0 Å². The number of methoxy groups -OCH3 is 1. The van der Waals surface area contributed by atoms with Crippen LogP contribution in [0.4, 0.5) is 0 Å². The van der Waals surface area contributed by atoms with Crippen molar-refractivity contribution < 1.29 is 14.3 Å². The molecule has 130 valence electrons. The van der Waals surface area contributed by atoms with Gasteiger partial charge in [-0.2, -0.15) is 4.99 Å². The molecule has 0 bridgehead atoms. The van der Waals surface area contributed by atoms with Gasteiger partial charge in [0.1, 0.15) is 5.84 Å². The van der Waals surface area contributed by atoms with Crippen molar-refractivity contribution >= 4 is 11.7 Å². The molecular formula is C19H21N3O3. The molecular weight excluding hydrogens is 318 g/mol. The highest BCUT2D eigenvalue weighted by Gasteiger charge is 2.19. The number of aromatic nitrogens is 1. The molecule has 0 aliphatic heterocycles. The first kappa shape index (κ1) is 17.0. The SMILES string of the molecule is COc1ccc(C(=O)N=C(N)c2ccncc2)cc1OC1CCCC1. The van der Waals surface area contributed by atoms with E-state index in [-0.39, 0.29) is 11.9 Å². The lowest BCUT2D eigenvalue weighted by Gasteiger charge is -2.16. The minimum Gasteiger partial charge on any atom is -0.493 e. The molecule has 6 nitrogen and oxygen atoms in total. The molecule has 0 atom stereocenters. The molecule has 3 rings (SSSR count). The van der Waals surface area contributed by atoms with Crippen LogP contribution in [0, 0.1) is 0 Å². The lowest BCUT2D eigenvalue weighted by molar-refractivity contribution is 0.100. The monoisotopic (exact) mass is 339 g/mol. The summed E-state index contributed by atoms with van der Waals surface area (Å²) in [6, 6.07) is 8.45. The number of hydrogen-bond donors (Lipinski definition) is 1. The summed E-state index contributed by atoms with van der Waals surface area (Å²) in [5.74, 6) is 0.905. The lowest BCUT2D eigenvalue weighted by Crippen LogP contribution is -2.16. The van der Waals surface area contributed by atoms with E-state index in [9.17, 15) is 4.79 Å². The Kier molecular flexibility index (Phi) is 5.28. The zero-order valence-corrected chi connectivity index (χ0v) is 14.1. The predicted octanol–water partition coefficient (Wildman–Crippen LogP) is 2.96. The number of nitrogens with zero attached hydrogens (tertiary/aromatic N) is 2. The van der Waals surface area contributed by atoms with Gasteiger partial charge in [-0.25, -0.2) is 0 Å². The van der Waals surface area contributed by atoms with Gasteiger partial charge in [-0.1, -0.05) is 0 Å². The second kappa shape index (κ2) is 7.79. The van der Waals surface area contributed by atoms with E-state index in [2.05, 4.69) is 9.98 Å². The second-order valence-corrected chi connectivity index (χ2v) is 5.93. The lowest BCUT2D eigenvalue weighted by atomic mass is 10.1. The van der Waals surface area contributed by atoms with E-state index >= 15 is 0 Å². The highest BCUT2D eigenvalue weighted by molar-refractivity contribution is 6.08. The first-order valence-corrected chi connectivity index (χ1v) is 8.31. The number of nitrogens with two attached hydrogens (primary N) is 1. The summed E-state index contributed by atoms with van der Waals surface area (Å²) in [5.41, 5.74) is 6.97. The Labute approximate surface area is 146 Å². The van der Waals surface area contributed by atoms with E-state index in [1.807, 2.05) is 0 Å². The van der Waals surface area contributed by atoms with Gasteiger partial charge in [0.2, 0.25) is 0 Å². The minimum atomic E-state index is -0.423. The number of carbonyl (C=O) groups is 1. The summed E-state index contributed by atoms with van der Waals surface area (Å²) < 4.78 is 11.3. The summed E-state index contributed by atoms with van der Waals surface area (Å²) in [6.45, 7) is 0. The largest absolute Gasteiger partial charge is 0.493 e. The van der Waals surface area contributed by atoms with Crippen LogP contribution in [0.15, 0.2) is 47.7 Å². The number of carbonyl (C=O) groups excluding carboxylic acids is 1. The van der Waals surface area contributed by atoms with Gasteiger partial charge in [-0.15, -0.1) is 0 Å². The maximum atomic E-state index is 12.4. The van der Waals surface area contributed by atoms with E-state index in [0.29, 0.717) is 22.6 Å². The number of amidine groups is 1. The number of aliphatic imine (C=N–C) groups is 1. The van der Waals surface area contributed by atoms with Gasteiger partial charge in [0.15, 0.2) is 11.5 Å². The van der Waals surface area contributed by atoms with Crippen LogP contribution >= 0.6 is 0 Å². The number of hydrogen-bond acceptors (Lipinski definition) is 4. The fourth-order valence-corrected chi connectivity index (χ4v) is 2.85. The molecule has 2 aromatic rings. The Balaban J connectivity index is 1.82. The van der Waals surface area contributed by atoms with E-state index in [0.717, 1.165) is 12.8 Å². The summed E-state index contributed by atoms with van der Waals surface area (Å²) in [5, 5.41) is 0. The summed E-state index contributed by atoms with van der Waals surface area (Å²) in [4.78, 5) is 20.3. The molecule has 1 saturated carbocycles. The van der Waals surface area contributed by atoms with E-state index < -0.39 is 5.91 Å². The Hall–Kier alpha value is -2.89. The van der Waals surface area contributed by atoms with E-state index in [4.69, 9.17) is 15.2 Å². The fraction of sp³-hybridized carbons (Fsp3) is 0.316. The Morgan fingerprint density at radius 3 is 2.52 bits per heavy atom. The van der Waals surface area contributed by atoms with Crippen molar-refractivity contribution in [3.8, 4) is 11.5 Å². The van der Waals surface area contributed by atoms with Crippen LogP contribution in [0.1, 0.15) is 41.6 Å². The molecule has 1 amide bonds. The standard InChI is InChI=1S/C19H21N3O3/c1-24-16-7-6-14(12-17(16)25-15-4-2-3-5-15)19(23)22-18(20)13-8-10-21-11-9-13/h6-12,15H,2-5H2,1H3,(H2,20,22,23). The third-order valence-corrected chi connectivity index (χ3v) is 4.20. The molecule has 0 radical (unpaired) electrons. The molecule has 1 aliphatic rings. The van der Waals surface area contributed by atoms with Crippen LogP contribution in [0.25, 0.3) is 0 Å². The normalized spacial score (nSPS) is 15.2. The molecule has 25 heavy (non-hydrogen) atoms. The molecule has 0 saturated heterocycles. The average molecular weight is 339 g/mol. The van der Waals surface area contributed by atoms with Gasteiger partial charge in [0.25, 0.3) is 5.91 Å². The van der Waals surface area contributed by atoms with Gasteiger partial charge in [0.05, 0.1) is 13.2 Å². The van der Waals surface area contributed by atoms with E-state index in [1.165, 1.54) is 12.8 Å². The topological polar surface area (TPSA) is 86.8 Å². The van der Waals surface area contributed by atoms with E-state index in [1.54, 1.807) is 49.8 Å². The van der Waals surface area contributed by atoms with Crippen molar-refractivity contribution in [2.24, 2.45) is 10.7 Å². The van der Waals surface area contributed by atoms with Crippen molar-refractivity contribution in [1.82, 2.24) is 4.98 Å². The van der Waals surface area contributed by atoms with Gasteiger partial charge in [0, 0.05) is 23.5 Å². The molecule has 1 aromatic carbocycles. The fourth-order valence-electron chi connectivity index (χ4n) is 2.85. The van der Waals surface area contributed by atoms with Crippen LogP contribution in [0.2, 0.25) is 0 Å². The van der Waals surface area contributed by atoms with Crippen molar-refractivity contribution in [3.05, 3.63) is 53.9 Å². The predicted molar refractivity (Wildman–Crippen MR) is 95.2 cm³/mol. The van der Waals surface area contributed by atoms with Crippen LogP contribution < -0.4 is 15.2 Å². The maximum absolute atomic E-state index is 12.4. The number of ether oxygens (including phenoxy) is 2. The highest BCUT2D eigenvalue weighted by atomic mass is 16.5. The van der Waals surface area contributed by atoms with Crippen LogP contribution in [0.5, 0.6) is 11.5 Å². The first-order chi connectivity index (χ1) is 12.2. The van der Waals surface area contributed by atoms with Crippen molar-refractivity contribution in [3.63, 3.8) is 0 Å². The third-order valence-electron chi connectivity index (χ3n) is 4.20. The summed E-state index contributed by atoms with van der Waals surface area (Å²) in [6.07, 6.45) is 7.75. The van der Waals surface area contributed by atoms with Gasteiger partial charge in [-0.05, 0) is 56.0 Å². The maximum Gasteiger partial charge on any atom is 0.279 e. The number of amides is 1. The van der Waals surface area contributed by atoms with Crippen molar-refractivity contribution in [1.29, 1.82) is 0 Å². The molecule has 1 aromatic heterocycles. The molecule has 1 aliphatic carbocycles. The Morgan fingerprint density at radius 2 is 1.84 bits per heavy atom. The average Bonchev–Trinajstić information content (AvgIpc) is 3.15. The zero-order valence-electron chi connectivity index (χ0n) is 14.1. The second-order valence-electron chi connectivity index (χ2n) is 5.93. The molecule has 6 heteroatoms. The molecule has 2 N–H and O–H groups in total. The molecule has 0 unspecified atom stereocenters. The zero-order chi connectivity index (χ0) is 17.6. The van der Waals surface area contributed by atoms with Crippen LogP contribution in [-0.2, 0) is 0 Å². The summed E-state index contributed by atoms with van der Waals surface area (Å²) in [7, 11) is 1.58. The molecule has 1 heterocycles. The quantitative estimate of drug-likeness (QED) is 0.668. The van der Waals surface area contributed by atoms with Crippen LogP contribution in [-0.4, -0.2) is 29.9 Å². The number of rotatable bonds is 5. The minimum absolute atomic E-state index is 0.154. The summed E-state index contributed by atoms with van der Waals surface area (Å²) >= 11 is 0. The number of pyridine rings is 1. The Bertz CT molecular complexity index is 769. The third kappa shape index (κ3) is 4.15.